The van der Waals surface area contributed by atoms with E-state index < -0.39 is 11.0 Å². The highest BCUT2D eigenvalue weighted by Crippen LogP contribution is 2.31. The van der Waals surface area contributed by atoms with E-state index in [4.69, 9.17) is 4.74 Å². The van der Waals surface area contributed by atoms with Gasteiger partial charge in [-0.2, -0.15) is 0 Å². The van der Waals surface area contributed by atoms with E-state index >= 15 is 0 Å². The van der Waals surface area contributed by atoms with E-state index in [2.05, 4.69) is 25.5 Å². The summed E-state index contributed by atoms with van der Waals surface area (Å²) in [6, 6.07) is 7.34. The van der Waals surface area contributed by atoms with Gasteiger partial charge in [0, 0.05) is 6.04 Å². The van der Waals surface area contributed by atoms with Gasteiger partial charge in [-0.3, -0.25) is 0 Å². The molecular weight excluding hydrogens is 334 g/mol. The molecule has 25 heavy (non-hydrogen) atoms. The van der Waals surface area contributed by atoms with Crippen molar-refractivity contribution < 1.29 is 13.7 Å². The zero-order chi connectivity index (χ0) is 19.4. The number of carbonyl (C=O) groups excluding carboxylic acids is 1. The summed E-state index contributed by atoms with van der Waals surface area (Å²) in [4.78, 5) is 12.0. The first-order valence-corrected chi connectivity index (χ1v) is 9.93. The van der Waals surface area contributed by atoms with Crippen molar-refractivity contribution in [3.05, 3.63) is 35.4 Å². The molecule has 0 aliphatic rings. The Hall–Kier alpha value is -1.20. The number of hydrogen-bond donors (Lipinski definition) is 1. The van der Waals surface area contributed by atoms with Gasteiger partial charge < -0.3 is 4.74 Å². The molecule has 0 heterocycles. The second kappa shape index (κ2) is 8.45. The summed E-state index contributed by atoms with van der Waals surface area (Å²) in [5.74, 6) is -0.319. The fourth-order valence-electron chi connectivity index (χ4n) is 2.28. The van der Waals surface area contributed by atoms with E-state index in [9.17, 15) is 9.00 Å². The van der Waals surface area contributed by atoms with Crippen molar-refractivity contribution in [3.8, 4) is 0 Å². The van der Waals surface area contributed by atoms with E-state index in [1.807, 2.05) is 46.8 Å². The standard InChI is InChI=1S/C20H33NO3S/c1-14(2)24-18(22)16-11-9-15(10-12-16)17(13-19(3,4)5)21-25(23)20(6,7)8/h9-12,14,17,21H,13H2,1-8H3/t17-,25?/m1/s1. The Morgan fingerprint density at radius 3 is 2.00 bits per heavy atom. The quantitative estimate of drug-likeness (QED) is 0.736. The normalized spacial score (nSPS) is 15.1. The average Bonchev–Trinajstić information content (AvgIpc) is 2.43. The fourth-order valence-corrected chi connectivity index (χ4v) is 3.11. The first-order valence-electron chi connectivity index (χ1n) is 8.78. The van der Waals surface area contributed by atoms with E-state index in [1.165, 1.54) is 0 Å². The van der Waals surface area contributed by atoms with Crippen LogP contribution >= 0.6 is 0 Å². The molecule has 0 fully saturated rings. The summed E-state index contributed by atoms with van der Waals surface area (Å²) in [6.45, 7) is 16.0. The van der Waals surface area contributed by atoms with E-state index in [0.717, 1.165) is 12.0 Å². The molecule has 1 rings (SSSR count). The van der Waals surface area contributed by atoms with Crippen LogP contribution < -0.4 is 4.72 Å². The molecule has 0 spiro atoms. The van der Waals surface area contributed by atoms with Crippen LogP contribution in [-0.4, -0.2) is 21.0 Å². The highest BCUT2D eigenvalue weighted by Gasteiger charge is 2.27. The highest BCUT2D eigenvalue weighted by molar-refractivity contribution is 7.84. The maximum absolute atomic E-state index is 12.6. The number of esters is 1. The van der Waals surface area contributed by atoms with Crippen LogP contribution in [-0.2, 0) is 15.7 Å². The number of benzene rings is 1. The molecule has 0 saturated heterocycles. The molecule has 0 aromatic heterocycles. The van der Waals surface area contributed by atoms with Crippen LogP contribution in [0.1, 0.15) is 83.8 Å². The number of hydrogen-bond acceptors (Lipinski definition) is 3. The molecule has 1 aromatic rings. The van der Waals surface area contributed by atoms with Crippen LogP contribution in [0.3, 0.4) is 0 Å². The fraction of sp³-hybridized carbons (Fsp3) is 0.650. The minimum absolute atomic E-state index is 0.0461. The lowest BCUT2D eigenvalue weighted by Gasteiger charge is -2.29. The topological polar surface area (TPSA) is 55.4 Å². The lowest BCUT2D eigenvalue weighted by molar-refractivity contribution is 0.0378. The number of nitrogens with one attached hydrogen (secondary N) is 1. The summed E-state index contributed by atoms with van der Waals surface area (Å²) in [6.07, 6.45) is 0.696. The van der Waals surface area contributed by atoms with Crippen LogP contribution in [0.4, 0.5) is 0 Å². The third-order valence-electron chi connectivity index (χ3n) is 3.51. The molecule has 0 amide bonds. The Morgan fingerprint density at radius 2 is 1.60 bits per heavy atom. The third-order valence-corrected chi connectivity index (χ3v) is 5.12. The molecule has 0 aliphatic carbocycles. The molecule has 5 heteroatoms. The van der Waals surface area contributed by atoms with Gasteiger partial charge in [-0.25, -0.2) is 13.7 Å². The van der Waals surface area contributed by atoms with Crippen molar-refractivity contribution in [2.75, 3.05) is 0 Å². The van der Waals surface area contributed by atoms with Gasteiger partial charge in [-0.05, 0) is 64.2 Å². The van der Waals surface area contributed by atoms with Crippen LogP contribution in [0.25, 0.3) is 0 Å². The average molecular weight is 368 g/mol. The first-order chi connectivity index (χ1) is 11.3. The second-order valence-corrected chi connectivity index (χ2v) is 10.9. The molecule has 1 unspecified atom stereocenters. The lowest BCUT2D eigenvalue weighted by Crippen LogP contribution is -2.37. The molecule has 0 saturated carbocycles. The van der Waals surface area contributed by atoms with E-state index in [0.29, 0.717) is 5.56 Å². The second-order valence-electron chi connectivity index (χ2n) is 8.89. The van der Waals surface area contributed by atoms with Gasteiger partial charge in [0.05, 0.1) is 27.4 Å². The molecule has 0 bridgehead atoms. The van der Waals surface area contributed by atoms with Gasteiger partial charge in [-0.1, -0.05) is 32.9 Å². The Morgan fingerprint density at radius 1 is 1.08 bits per heavy atom. The van der Waals surface area contributed by atoms with E-state index in [-0.39, 0.29) is 28.3 Å². The van der Waals surface area contributed by atoms with Crippen molar-refractivity contribution in [3.63, 3.8) is 0 Å². The van der Waals surface area contributed by atoms with Gasteiger partial charge >= 0.3 is 5.97 Å². The Kier molecular flexibility index (Phi) is 7.39. The van der Waals surface area contributed by atoms with Gasteiger partial charge in [0.1, 0.15) is 0 Å². The number of rotatable bonds is 6. The monoisotopic (exact) mass is 367 g/mol. The summed E-state index contributed by atoms with van der Waals surface area (Å²) in [5, 5.41) is 0. The Balaban J connectivity index is 3.02. The van der Waals surface area contributed by atoms with Crippen LogP contribution in [0.2, 0.25) is 0 Å². The third kappa shape index (κ3) is 7.70. The minimum atomic E-state index is -1.17. The van der Waals surface area contributed by atoms with Crippen molar-refractivity contribution in [1.29, 1.82) is 0 Å². The van der Waals surface area contributed by atoms with Crippen LogP contribution in [0.5, 0.6) is 0 Å². The van der Waals surface area contributed by atoms with Gasteiger partial charge in [0.2, 0.25) is 0 Å². The van der Waals surface area contributed by atoms with Gasteiger partial charge in [0.25, 0.3) is 0 Å². The summed E-state index contributed by atoms with van der Waals surface area (Å²) >= 11 is 0. The molecule has 1 N–H and O–H groups in total. The number of ether oxygens (including phenoxy) is 1. The SMILES string of the molecule is CC(C)OC(=O)c1ccc([C@@H](CC(C)(C)C)NS(=O)C(C)(C)C)cc1. The van der Waals surface area contributed by atoms with Gasteiger partial charge in [-0.15, -0.1) is 0 Å². The van der Waals surface area contributed by atoms with Crippen molar-refractivity contribution in [2.45, 2.75) is 78.7 Å². The molecule has 0 radical (unpaired) electrons. The van der Waals surface area contributed by atoms with Crippen LogP contribution in [0, 0.1) is 5.41 Å². The van der Waals surface area contributed by atoms with Crippen molar-refractivity contribution in [1.82, 2.24) is 4.72 Å². The first kappa shape index (κ1) is 21.8. The maximum atomic E-state index is 12.6. The lowest BCUT2D eigenvalue weighted by atomic mass is 9.86. The Bertz CT molecular complexity index is 595. The summed E-state index contributed by atoms with van der Waals surface area (Å²) in [5.41, 5.74) is 1.63. The molecule has 0 aliphatic heterocycles. The predicted molar refractivity (Wildman–Crippen MR) is 105 cm³/mol. The summed E-state index contributed by atoms with van der Waals surface area (Å²) < 4.78 is 20.7. The minimum Gasteiger partial charge on any atom is -0.459 e. The zero-order valence-electron chi connectivity index (χ0n) is 16.8. The predicted octanol–water partition coefficient (Wildman–Crippen LogP) is 4.78. The van der Waals surface area contributed by atoms with E-state index in [1.54, 1.807) is 12.1 Å². The van der Waals surface area contributed by atoms with Crippen LogP contribution in [0.15, 0.2) is 24.3 Å². The molecular formula is C20H33NO3S. The Labute approximate surface area is 155 Å². The van der Waals surface area contributed by atoms with Gasteiger partial charge in [0.15, 0.2) is 0 Å². The molecule has 142 valence electrons. The van der Waals surface area contributed by atoms with Crippen molar-refractivity contribution >= 4 is 17.0 Å². The molecule has 2 atom stereocenters. The zero-order valence-corrected chi connectivity index (χ0v) is 17.6. The molecule has 4 nitrogen and oxygen atoms in total. The number of carbonyl (C=O) groups is 1. The smallest absolute Gasteiger partial charge is 0.338 e. The highest BCUT2D eigenvalue weighted by atomic mass is 32.2. The largest absolute Gasteiger partial charge is 0.459 e. The van der Waals surface area contributed by atoms with Crippen molar-refractivity contribution in [2.24, 2.45) is 5.41 Å². The molecule has 1 aromatic carbocycles. The maximum Gasteiger partial charge on any atom is 0.338 e. The summed E-state index contributed by atoms with van der Waals surface area (Å²) in [7, 11) is -1.17.